The van der Waals surface area contributed by atoms with Gasteiger partial charge >= 0.3 is 0 Å². The van der Waals surface area contributed by atoms with Gasteiger partial charge in [0.05, 0.1) is 5.69 Å². The zero-order valence-electron chi connectivity index (χ0n) is 41.7. The van der Waals surface area contributed by atoms with Gasteiger partial charge in [-0.15, -0.1) is 0 Å². The maximum atomic E-state index is 7.36. The standard InChI is InChI=1S/C70H54N2O/c1-69(2)61-24-13-11-21-55(61)57-38-35-53(43-63(57)69)71(50-31-26-47(27-32-50)45-16-7-5-8-17-45)52-37-41-66-60(42-52)59-23-15-20-49-30-40-65(68(73-66)67(49)59)72(51-33-28-48(29-34-51)46-18-9-6-10-19-46)54-36-39-58-56-22-12-14-25-62(56)70(3,4)64(58)44-54/h5-12,14-23,25-44H,13,24H2,1-4H3. The topological polar surface area (TPSA) is 15.7 Å². The van der Waals surface area contributed by atoms with Gasteiger partial charge in [0.25, 0.3) is 0 Å². The number of hydrogen-bond acceptors (Lipinski definition) is 3. The highest BCUT2D eigenvalue weighted by atomic mass is 16.5. The van der Waals surface area contributed by atoms with Crippen LogP contribution >= 0.6 is 0 Å². The van der Waals surface area contributed by atoms with E-state index < -0.39 is 0 Å². The summed E-state index contributed by atoms with van der Waals surface area (Å²) >= 11 is 0. The van der Waals surface area contributed by atoms with Crippen LogP contribution in [-0.2, 0) is 10.8 Å². The van der Waals surface area contributed by atoms with Gasteiger partial charge in [-0.05, 0) is 158 Å². The van der Waals surface area contributed by atoms with E-state index in [0.29, 0.717) is 0 Å². The molecule has 0 bridgehead atoms. The van der Waals surface area contributed by atoms with E-state index >= 15 is 0 Å². The summed E-state index contributed by atoms with van der Waals surface area (Å²) in [5.41, 5.74) is 24.2. The molecule has 3 aliphatic carbocycles. The number of benzene rings is 10. The van der Waals surface area contributed by atoms with Crippen molar-refractivity contribution in [3.63, 3.8) is 0 Å². The minimum absolute atomic E-state index is 0.0617. The number of hydrogen-bond donors (Lipinski definition) is 0. The highest BCUT2D eigenvalue weighted by Crippen LogP contribution is 2.57. The first-order valence-corrected chi connectivity index (χ1v) is 25.8. The molecule has 0 aromatic heterocycles. The quantitative estimate of drug-likeness (QED) is 0.151. The van der Waals surface area contributed by atoms with Crippen LogP contribution in [0.3, 0.4) is 0 Å². The van der Waals surface area contributed by atoms with Gasteiger partial charge in [0.1, 0.15) is 5.75 Å². The number of allylic oxidation sites excluding steroid dienone is 4. The maximum absolute atomic E-state index is 7.36. The molecule has 0 amide bonds. The summed E-state index contributed by atoms with van der Waals surface area (Å²) in [6.07, 6.45) is 6.89. The van der Waals surface area contributed by atoms with Crippen LogP contribution in [0.2, 0.25) is 0 Å². The summed E-state index contributed by atoms with van der Waals surface area (Å²) in [5, 5.41) is 2.24. The fourth-order valence-electron chi connectivity index (χ4n) is 12.6. The fourth-order valence-corrected chi connectivity index (χ4v) is 12.6. The van der Waals surface area contributed by atoms with Crippen LogP contribution in [-0.4, -0.2) is 0 Å². The molecule has 4 aliphatic rings. The summed E-state index contributed by atoms with van der Waals surface area (Å²) < 4.78 is 7.36. The van der Waals surface area contributed by atoms with E-state index in [9.17, 15) is 0 Å². The molecule has 3 heteroatoms. The third-order valence-corrected chi connectivity index (χ3v) is 16.4. The minimum atomic E-state index is -0.162. The summed E-state index contributed by atoms with van der Waals surface area (Å²) in [4.78, 5) is 4.83. The van der Waals surface area contributed by atoms with Crippen molar-refractivity contribution in [3.05, 3.63) is 258 Å². The van der Waals surface area contributed by atoms with Crippen LogP contribution in [0.1, 0.15) is 62.8 Å². The molecule has 10 aromatic rings. The Morgan fingerprint density at radius 3 is 1.66 bits per heavy atom. The highest BCUT2D eigenvalue weighted by Gasteiger charge is 2.39. The average molecular weight is 939 g/mol. The predicted molar refractivity (Wildman–Crippen MR) is 306 cm³/mol. The molecule has 0 unspecified atom stereocenters. The lowest BCUT2D eigenvalue weighted by Crippen LogP contribution is -2.19. The van der Waals surface area contributed by atoms with Crippen LogP contribution in [0.15, 0.2) is 236 Å². The van der Waals surface area contributed by atoms with Gasteiger partial charge in [-0.2, -0.15) is 0 Å². The van der Waals surface area contributed by atoms with Gasteiger partial charge < -0.3 is 14.5 Å². The third-order valence-electron chi connectivity index (χ3n) is 16.4. The monoisotopic (exact) mass is 938 g/mol. The maximum Gasteiger partial charge on any atom is 0.159 e. The minimum Gasteiger partial charge on any atom is -0.454 e. The number of anilines is 6. The zero-order valence-corrected chi connectivity index (χ0v) is 41.7. The van der Waals surface area contributed by atoms with E-state index in [0.717, 1.165) is 80.4 Å². The first kappa shape index (κ1) is 43.2. The summed E-state index contributed by atoms with van der Waals surface area (Å²) in [6.45, 7) is 9.52. The fraction of sp³-hybridized carbons (Fsp3) is 0.114. The molecule has 0 fully saturated rings. The van der Waals surface area contributed by atoms with E-state index in [-0.39, 0.29) is 10.8 Å². The van der Waals surface area contributed by atoms with Crippen molar-refractivity contribution in [2.45, 2.75) is 51.4 Å². The first-order chi connectivity index (χ1) is 35.7. The van der Waals surface area contributed by atoms with Crippen molar-refractivity contribution in [2.75, 3.05) is 9.80 Å². The number of nitrogens with zero attached hydrogens (tertiary/aromatic N) is 2. The van der Waals surface area contributed by atoms with Gasteiger partial charge in [-0.25, -0.2) is 0 Å². The third kappa shape index (κ3) is 6.79. The van der Waals surface area contributed by atoms with Crippen molar-refractivity contribution in [3.8, 4) is 56.0 Å². The number of rotatable bonds is 8. The molecule has 350 valence electrons. The summed E-state index contributed by atoms with van der Waals surface area (Å²) in [6, 6.07) is 80.3. The number of fused-ring (bicyclic) bond motifs is 7. The Morgan fingerprint density at radius 2 is 0.945 bits per heavy atom. The molecule has 0 saturated carbocycles. The lowest BCUT2D eigenvalue weighted by molar-refractivity contribution is 0.488. The Morgan fingerprint density at radius 1 is 0.397 bits per heavy atom. The average Bonchev–Trinajstić information content (AvgIpc) is 3.82. The van der Waals surface area contributed by atoms with Crippen molar-refractivity contribution in [2.24, 2.45) is 0 Å². The van der Waals surface area contributed by atoms with Gasteiger partial charge in [-0.1, -0.05) is 191 Å². The molecule has 0 saturated heterocycles. The van der Waals surface area contributed by atoms with Crippen LogP contribution in [0.25, 0.3) is 60.9 Å². The van der Waals surface area contributed by atoms with Crippen LogP contribution in [0.4, 0.5) is 34.1 Å². The second-order valence-electron chi connectivity index (χ2n) is 21.2. The predicted octanol–water partition coefficient (Wildman–Crippen LogP) is 19.6. The molecule has 3 nitrogen and oxygen atoms in total. The molecular weight excluding hydrogens is 885 g/mol. The van der Waals surface area contributed by atoms with Crippen molar-refractivity contribution < 1.29 is 4.74 Å². The Bertz CT molecular complexity index is 3920. The lowest BCUT2D eigenvalue weighted by atomic mass is 9.78. The van der Waals surface area contributed by atoms with Gasteiger partial charge in [0, 0.05) is 50.2 Å². The van der Waals surface area contributed by atoms with Crippen molar-refractivity contribution in [1.29, 1.82) is 0 Å². The molecule has 0 spiro atoms. The largest absolute Gasteiger partial charge is 0.454 e. The Kier molecular flexibility index (Phi) is 9.72. The second-order valence-corrected chi connectivity index (χ2v) is 21.2. The zero-order chi connectivity index (χ0) is 49.0. The van der Waals surface area contributed by atoms with Crippen LogP contribution < -0.4 is 14.5 Å². The summed E-state index contributed by atoms with van der Waals surface area (Å²) in [5.74, 6) is 1.68. The molecule has 14 rings (SSSR count). The van der Waals surface area contributed by atoms with Crippen LogP contribution in [0, 0.1) is 0 Å². The van der Waals surface area contributed by atoms with Gasteiger partial charge in [0.15, 0.2) is 5.75 Å². The normalized spacial score (nSPS) is 15.0. The van der Waals surface area contributed by atoms with Gasteiger partial charge in [0.2, 0.25) is 0 Å². The molecular formula is C70H54N2O. The molecule has 0 N–H and O–H groups in total. The molecule has 1 aliphatic heterocycles. The first-order valence-electron chi connectivity index (χ1n) is 25.8. The van der Waals surface area contributed by atoms with E-state index in [2.05, 4.69) is 268 Å². The lowest BCUT2D eigenvalue weighted by Gasteiger charge is -2.32. The summed E-state index contributed by atoms with van der Waals surface area (Å²) in [7, 11) is 0. The molecule has 10 aromatic carbocycles. The molecule has 73 heavy (non-hydrogen) atoms. The van der Waals surface area contributed by atoms with E-state index in [1.165, 1.54) is 61.2 Å². The van der Waals surface area contributed by atoms with E-state index in [1.807, 2.05) is 0 Å². The van der Waals surface area contributed by atoms with Crippen LogP contribution in [0.5, 0.6) is 11.5 Å². The second kappa shape index (κ2) is 16.4. The number of ether oxygens (including phenoxy) is 1. The van der Waals surface area contributed by atoms with Crippen molar-refractivity contribution in [1.82, 2.24) is 0 Å². The van der Waals surface area contributed by atoms with Gasteiger partial charge in [-0.3, -0.25) is 0 Å². The Balaban J connectivity index is 0.920. The van der Waals surface area contributed by atoms with E-state index in [4.69, 9.17) is 4.74 Å². The van der Waals surface area contributed by atoms with Crippen molar-refractivity contribution >= 4 is 50.5 Å². The molecule has 0 radical (unpaired) electrons. The highest BCUT2D eigenvalue weighted by molar-refractivity contribution is 6.09. The smallest absolute Gasteiger partial charge is 0.159 e. The molecule has 0 atom stereocenters. The van der Waals surface area contributed by atoms with E-state index in [1.54, 1.807) is 5.57 Å². The Hall–Kier alpha value is -8.66. The Labute approximate surface area is 428 Å². The SMILES string of the molecule is CC1(C)C2=C(C=CCC2)c2ccc(N(c3ccc(-c4ccccc4)cc3)c3ccc4c(c3)-c3cccc5ccc(N(c6ccc(-c7ccccc7)cc6)c6ccc7c(c6)C(C)(C)c6ccccc6-7)c(c35)O4)cc21. The molecule has 1 heterocycles.